The molecule has 1 aliphatic rings. The fourth-order valence-electron chi connectivity index (χ4n) is 3.73. The lowest BCUT2D eigenvalue weighted by Gasteiger charge is -2.38. The molecule has 0 aliphatic carbocycles. The molecule has 0 aromatic heterocycles. The van der Waals surface area contributed by atoms with Crippen molar-refractivity contribution in [2.75, 3.05) is 38.2 Å². The molecular formula is C20H34N4O. The summed E-state index contributed by atoms with van der Waals surface area (Å²) in [4.78, 5) is 7.19. The lowest BCUT2D eigenvalue weighted by molar-refractivity contribution is 0.00398. The van der Waals surface area contributed by atoms with E-state index >= 15 is 0 Å². The predicted octanol–water partition coefficient (Wildman–Crippen LogP) is 3.17. The van der Waals surface area contributed by atoms with Gasteiger partial charge in [0.1, 0.15) is 0 Å². The van der Waals surface area contributed by atoms with Gasteiger partial charge in [0.2, 0.25) is 0 Å². The third kappa shape index (κ3) is 6.01. The summed E-state index contributed by atoms with van der Waals surface area (Å²) >= 11 is 0. The minimum atomic E-state index is 0.429. The van der Waals surface area contributed by atoms with Gasteiger partial charge in [0.15, 0.2) is 5.96 Å². The fourth-order valence-corrected chi connectivity index (χ4v) is 3.73. The van der Waals surface area contributed by atoms with E-state index in [2.05, 4.69) is 61.1 Å². The molecule has 0 amide bonds. The average molecular weight is 347 g/mol. The number of ether oxygens (including phenoxy) is 1. The molecule has 3 N–H and O–H groups in total. The molecule has 1 aliphatic heterocycles. The van der Waals surface area contributed by atoms with Gasteiger partial charge in [0.05, 0.1) is 19.8 Å². The molecule has 0 saturated carbocycles. The van der Waals surface area contributed by atoms with Gasteiger partial charge in [-0.25, -0.2) is 0 Å². The van der Waals surface area contributed by atoms with Crippen molar-refractivity contribution in [1.29, 1.82) is 0 Å². The third-order valence-electron chi connectivity index (χ3n) is 5.05. The number of guanidine groups is 1. The van der Waals surface area contributed by atoms with Crippen molar-refractivity contribution in [2.45, 2.75) is 46.6 Å². The van der Waals surface area contributed by atoms with Crippen LogP contribution in [-0.2, 0) is 4.74 Å². The Balaban J connectivity index is 2.04. The van der Waals surface area contributed by atoms with Crippen LogP contribution in [0.5, 0.6) is 0 Å². The summed E-state index contributed by atoms with van der Waals surface area (Å²) in [5, 5.41) is 3.24. The second-order valence-corrected chi connectivity index (χ2v) is 7.02. The second-order valence-electron chi connectivity index (χ2n) is 7.02. The van der Waals surface area contributed by atoms with Crippen molar-refractivity contribution < 1.29 is 4.74 Å². The van der Waals surface area contributed by atoms with Crippen molar-refractivity contribution in [1.82, 2.24) is 4.90 Å². The van der Waals surface area contributed by atoms with Gasteiger partial charge in [0.25, 0.3) is 0 Å². The molecule has 1 unspecified atom stereocenters. The standard InChI is InChI=1S/C20H34N4O/c1-5-17(6-2)19(24-7-9-25-10-8-24)14-22-20(21)23-18-12-15(3)11-16(4)13-18/h11-13,17,19H,5-10,14H2,1-4H3,(H3,21,22,23). The zero-order valence-electron chi connectivity index (χ0n) is 16.2. The highest BCUT2D eigenvalue weighted by atomic mass is 16.5. The van der Waals surface area contributed by atoms with Gasteiger partial charge in [-0.05, 0) is 43.0 Å². The smallest absolute Gasteiger partial charge is 0.193 e. The number of aryl methyl sites for hydroxylation is 2. The average Bonchev–Trinajstić information content (AvgIpc) is 2.58. The first-order valence-electron chi connectivity index (χ1n) is 9.50. The molecule has 0 spiro atoms. The highest BCUT2D eigenvalue weighted by molar-refractivity contribution is 5.92. The van der Waals surface area contributed by atoms with Crippen LogP contribution in [-0.4, -0.2) is 49.7 Å². The van der Waals surface area contributed by atoms with Crippen LogP contribution < -0.4 is 11.1 Å². The van der Waals surface area contributed by atoms with Crippen molar-refractivity contribution in [3.63, 3.8) is 0 Å². The molecule has 1 fully saturated rings. The lowest BCUT2D eigenvalue weighted by Crippen LogP contribution is -2.48. The van der Waals surface area contributed by atoms with Gasteiger partial charge < -0.3 is 15.8 Å². The van der Waals surface area contributed by atoms with Crippen LogP contribution in [0.15, 0.2) is 23.2 Å². The molecule has 140 valence electrons. The van der Waals surface area contributed by atoms with Crippen LogP contribution in [0.1, 0.15) is 37.8 Å². The Hall–Kier alpha value is -1.59. The zero-order chi connectivity index (χ0) is 18.2. The van der Waals surface area contributed by atoms with Crippen LogP contribution >= 0.6 is 0 Å². The molecule has 1 saturated heterocycles. The molecular weight excluding hydrogens is 312 g/mol. The van der Waals surface area contributed by atoms with E-state index < -0.39 is 0 Å². The van der Waals surface area contributed by atoms with E-state index in [4.69, 9.17) is 10.5 Å². The Morgan fingerprint density at radius 3 is 2.32 bits per heavy atom. The second kappa shape index (κ2) is 9.78. The van der Waals surface area contributed by atoms with Gasteiger partial charge in [-0.2, -0.15) is 0 Å². The molecule has 1 aromatic rings. The van der Waals surface area contributed by atoms with Gasteiger partial charge in [-0.1, -0.05) is 32.8 Å². The first-order valence-corrected chi connectivity index (χ1v) is 9.50. The number of rotatable bonds is 7. The fraction of sp³-hybridized carbons (Fsp3) is 0.650. The summed E-state index contributed by atoms with van der Waals surface area (Å²) in [7, 11) is 0. The zero-order valence-corrected chi connectivity index (χ0v) is 16.2. The van der Waals surface area contributed by atoms with Gasteiger partial charge in [0, 0.05) is 24.8 Å². The van der Waals surface area contributed by atoms with Gasteiger partial charge in [-0.3, -0.25) is 9.89 Å². The Morgan fingerprint density at radius 2 is 1.76 bits per heavy atom. The monoisotopic (exact) mass is 346 g/mol. The summed E-state index contributed by atoms with van der Waals surface area (Å²) in [6, 6.07) is 6.77. The number of hydrogen-bond acceptors (Lipinski definition) is 3. The maximum atomic E-state index is 6.16. The van der Waals surface area contributed by atoms with Crippen molar-refractivity contribution in [2.24, 2.45) is 16.6 Å². The first kappa shape index (κ1) is 19.7. The number of anilines is 1. The molecule has 1 atom stereocenters. The summed E-state index contributed by atoms with van der Waals surface area (Å²) < 4.78 is 5.51. The maximum Gasteiger partial charge on any atom is 0.193 e. The van der Waals surface area contributed by atoms with E-state index in [0.717, 1.165) is 38.5 Å². The molecule has 1 aromatic carbocycles. The lowest BCUT2D eigenvalue weighted by atomic mass is 9.92. The van der Waals surface area contributed by atoms with Crippen LogP contribution in [0, 0.1) is 19.8 Å². The summed E-state index contributed by atoms with van der Waals surface area (Å²) in [5.41, 5.74) is 9.61. The van der Waals surface area contributed by atoms with Crippen LogP contribution in [0.2, 0.25) is 0 Å². The van der Waals surface area contributed by atoms with E-state index in [9.17, 15) is 0 Å². The van der Waals surface area contributed by atoms with Crippen LogP contribution in [0.25, 0.3) is 0 Å². The number of aliphatic imine (C=N–C) groups is 1. The van der Waals surface area contributed by atoms with E-state index in [1.807, 2.05) is 0 Å². The summed E-state index contributed by atoms with van der Waals surface area (Å²) in [6.45, 7) is 13.1. The normalized spacial score (nSPS) is 17.7. The van der Waals surface area contributed by atoms with E-state index in [0.29, 0.717) is 17.9 Å². The number of morpholine rings is 1. The summed E-state index contributed by atoms with van der Waals surface area (Å²) in [6.07, 6.45) is 2.33. The minimum Gasteiger partial charge on any atom is -0.379 e. The number of benzene rings is 1. The van der Waals surface area contributed by atoms with Crippen LogP contribution in [0.3, 0.4) is 0 Å². The van der Waals surface area contributed by atoms with Gasteiger partial charge >= 0.3 is 0 Å². The largest absolute Gasteiger partial charge is 0.379 e. The summed E-state index contributed by atoms with van der Waals surface area (Å²) in [5.74, 6) is 1.13. The first-order chi connectivity index (χ1) is 12.0. The molecule has 1 heterocycles. The Bertz CT molecular complexity index is 543. The highest BCUT2D eigenvalue weighted by Crippen LogP contribution is 2.20. The Kier molecular flexibility index (Phi) is 7.72. The molecule has 0 bridgehead atoms. The van der Waals surface area contributed by atoms with E-state index in [1.165, 1.54) is 24.0 Å². The van der Waals surface area contributed by atoms with Crippen LogP contribution in [0.4, 0.5) is 5.69 Å². The quantitative estimate of drug-likeness (QED) is 0.588. The number of nitrogens with two attached hydrogens (primary N) is 1. The topological polar surface area (TPSA) is 62.9 Å². The number of nitrogens with one attached hydrogen (secondary N) is 1. The van der Waals surface area contributed by atoms with Crippen molar-refractivity contribution >= 4 is 11.6 Å². The molecule has 5 nitrogen and oxygen atoms in total. The predicted molar refractivity (Wildman–Crippen MR) is 106 cm³/mol. The highest BCUT2D eigenvalue weighted by Gasteiger charge is 2.26. The third-order valence-corrected chi connectivity index (χ3v) is 5.05. The van der Waals surface area contributed by atoms with Crippen molar-refractivity contribution in [3.05, 3.63) is 29.3 Å². The molecule has 2 rings (SSSR count). The number of nitrogens with zero attached hydrogens (tertiary/aromatic N) is 2. The van der Waals surface area contributed by atoms with Gasteiger partial charge in [-0.15, -0.1) is 0 Å². The molecule has 0 radical (unpaired) electrons. The molecule has 5 heteroatoms. The SMILES string of the molecule is CCC(CC)C(CN=C(N)Nc1cc(C)cc(C)c1)N1CCOCC1. The minimum absolute atomic E-state index is 0.429. The van der Waals surface area contributed by atoms with E-state index in [-0.39, 0.29) is 0 Å². The Morgan fingerprint density at radius 1 is 1.16 bits per heavy atom. The maximum absolute atomic E-state index is 6.16. The van der Waals surface area contributed by atoms with Crippen molar-refractivity contribution in [3.8, 4) is 0 Å². The number of hydrogen-bond donors (Lipinski definition) is 2. The van der Waals surface area contributed by atoms with E-state index in [1.54, 1.807) is 0 Å². The Labute approximate surface area is 152 Å². The molecule has 25 heavy (non-hydrogen) atoms.